The van der Waals surface area contributed by atoms with Crippen LogP contribution in [0.3, 0.4) is 0 Å². The van der Waals surface area contributed by atoms with Crippen molar-refractivity contribution in [2.45, 2.75) is 44.2 Å². The van der Waals surface area contributed by atoms with Crippen LogP contribution in [0.4, 0.5) is 0 Å². The summed E-state index contributed by atoms with van der Waals surface area (Å²) in [6.45, 7) is 6.95. The lowest BCUT2D eigenvalue weighted by Gasteiger charge is -2.41. The third-order valence-corrected chi connectivity index (χ3v) is 7.46. The van der Waals surface area contributed by atoms with Crippen molar-refractivity contribution in [1.29, 1.82) is 0 Å². The predicted molar refractivity (Wildman–Crippen MR) is 129 cm³/mol. The van der Waals surface area contributed by atoms with Crippen molar-refractivity contribution in [2.75, 3.05) is 13.2 Å². The molecule has 0 bridgehead atoms. The van der Waals surface area contributed by atoms with Gasteiger partial charge in [0.25, 0.3) is 10.0 Å². The first kappa shape index (κ1) is 23.5. The molecule has 3 aliphatic heterocycles. The molecule has 35 heavy (non-hydrogen) atoms. The molecule has 2 N–H and O–H groups in total. The van der Waals surface area contributed by atoms with E-state index in [9.17, 15) is 13.2 Å². The van der Waals surface area contributed by atoms with Gasteiger partial charge in [-0.2, -0.15) is 8.42 Å². The number of benzene rings is 2. The zero-order chi connectivity index (χ0) is 24.8. The molecule has 0 saturated carbocycles. The third-order valence-electron chi connectivity index (χ3n) is 6.18. The van der Waals surface area contributed by atoms with Crippen LogP contribution in [0.5, 0.6) is 0 Å². The molecule has 2 saturated heterocycles. The lowest BCUT2D eigenvalue weighted by atomic mass is 9.95. The summed E-state index contributed by atoms with van der Waals surface area (Å²) in [5.74, 6) is -0.227. The molecule has 3 aliphatic rings. The molecule has 3 heterocycles. The smallest absolute Gasteiger partial charge is 0.285 e. The zero-order valence-electron chi connectivity index (χ0n) is 19.8. The summed E-state index contributed by atoms with van der Waals surface area (Å²) in [6.07, 6.45) is 0.238. The van der Waals surface area contributed by atoms with Crippen molar-refractivity contribution in [1.82, 2.24) is 15.5 Å². The minimum Gasteiger partial charge on any atom is -0.348 e. The highest BCUT2D eigenvalue weighted by atomic mass is 32.2. The summed E-state index contributed by atoms with van der Waals surface area (Å²) in [5.41, 5.74) is 2.16. The van der Waals surface area contributed by atoms with E-state index in [-0.39, 0.29) is 22.2 Å². The predicted octanol–water partition coefficient (Wildman–Crippen LogP) is 2.43. The van der Waals surface area contributed by atoms with Gasteiger partial charge in [0.05, 0.1) is 18.1 Å². The Hall–Kier alpha value is -3.21. The van der Waals surface area contributed by atoms with Crippen molar-refractivity contribution >= 4 is 21.9 Å². The molecule has 2 aromatic carbocycles. The van der Waals surface area contributed by atoms with Gasteiger partial charge in [0.1, 0.15) is 12.2 Å². The summed E-state index contributed by atoms with van der Waals surface area (Å²) in [5, 5.41) is 5.98. The second-order valence-corrected chi connectivity index (χ2v) is 11.3. The summed E-state index contributed by atoms with van der Waals surface area (Å²) >= 11 is 0. The van der Waals surface area contributed by atoms with Crippen LogP contribution in [0.1, 0.15) is 31.0 Å². The number of nitrogens with zero attached hydrogens (tertiary/aromatic N) is 2. The Bertz CT molecular complexity index is 1280. The summed E-state index contributed by atoms with van der Waals surface area (Å²) in [6, 6.07) is 14.9. The fourth-order valence-electron chi connectivity index (χ4n) is 4.33. The largest absolute Gasteiger partial charge is 0.348 e. The van der Waals surface area contributed by atoms with E-state index in [1.165, 1.54) is 12.1 Å². The van der Waals surface area contributed by atoms with Gasteiger partial charge in [0.2, 0.25) is 11.9 Å². The molecule has 0 spiro atoms. The normalized spacial score (nSPS) is 25.6. The molecule has 0 radical (unpaired) electrons. The Morgan fingerprint density at radius 2 is 1.69 bits per heavy atom. The first-order chi connectivity index (χ1) is 16.6. The van der Waals surface area contributed by atoms with Gasteiger partial charge in [-0.15, -0.1) is 4.40 Å². The Balaban J connectivity index is 1.56. The van der Waals surface area contributed by atoms with Gasteiger partial charge in [-0.05, 0) is 24.6 Å². The number of carbonyl (C=O) groups is 1. The van der Waals surface area contributed by atoms with E-state index in [0.29, 0.717) is 24.4 Å². The van der Waals surface area contributed by atoms with Crippen LogP contribution in [0.25, 0.3) is 0 Å². The fourth-order valence-corrected chi connectivity index (χ4v) is 5.29. The maximum atomic E-state index is 13.2. The Labute approximate surface area is 204 Å². The molecule has 1 amide bonds. The highest BCUT2D eigenvalue weighted by molar-refractivity contribution is 7.90. The Morgan fingerprint density at radius 3 is 2.34 bits per heavy atom. The summed E-state index contributed by atoms with van der Waals surface area (Å²) in [4.78, 5) is 14.9. The van der Waals surface area contributed by atoms with Crippen molar-refractivity contribution in [2.24, 2.45) is 9.81 Å². The second-order valence-electron chi connectivity index (χ2n) is 9.74. The second kappa shape index (κ2) is 8.78. The van der Waals surface area contributed by atoms with Gasteiger partial charge in [-0.25, -0.2) is 0 Å². The lowest BCUT2D eigenvalue weighted by molar-refractivity contribution is -0.206. The Morgan fingerprint density at radius 1 is 1.03 bits per heavy atom. The summed E-state index contributed by atoms with van der Waals surface area (Å²) in [7, 11) is -4.04. The minimum atomic E-state index is -4.04. The highest BCUT2D eigenvalue weighted by Gasteiger charge is 2.49. The lowest BCUT2D eigenvalue weighted by Crippen LogP contribution is -2.54. The van der Waals surface area contributed by atoms with Crippen LogP contribution in [-0.2, 0) is 24.3 Å². The van der Waals surface area contributed by atoms with Crippen molar-refractivity contribution in [3.63, 3.8) is 0 Å². The number of hydrogen-bond donors (Lipinski definition) is 2. The molecule has 10 heteroatoms. The van der Waals surface area contributed by atoms with E-state index >= 15 is 0 Å². The number of hydrogen-bond acceptors (Lipinski definition) is 5. The van der Waals surface area contributed by atoms with Crippen molar-refractivity contribution in [3.8, 4) is 0 Å². The molecule has 5 rings (SSSR count). The number of guanidine groups is 1. The van der Waals surface area contributed by atoms with Gasteiger partial charge in [-0.3, -0.25) is 4.79 Å². The van der Waals surface area contributed by atoms with E-state index in [0.717, 1.165) is 5.56 Å². The molecule has 0 aromatic heterocycles. The van der Waals surface area contributed by atoms with E-state index in [4.69, 9.17) is 9.47 Å². The first-order valence-electron chi connectivity index (χ1n) is 11.4. The number of sulfonamides is 1. The highest BCUT2D eigenvalue weighted by Crippen LogP contribution is 2.36. The number of carbonyl (C=O) groups excluding carboxylic acids is 1. The van der Waals surface area contributed by atoms with Gasteiger partial charge in [0, 0.05) is 17.2 Å². The average Bonchev–Trinajstić information content (AvgIpc) is 3.17. The molecule has 2 atom stereocenters. The van der Waals surface area contributed by atoms with Crippen LogP contribution < -0.4 is 10.6 Å². The van der Waals surface area contributed by atoms with Gasteiger partial charge < -0.3 is 25.0 Å². The molecule has 184 valence electrons. The minimum absolute atomic E-state index is 0.0441. The molecule has 0 aliphatic carbocycles. The molecule has 9 nitrogen and oxygen atoms in total. The van der Waals surface area contributed by atoms with E-state index in [1.54, 1.807) is 23.2 Å². The van der Waals surface area contributed by atoms with E-state index < -0.39 is 28.5 Å². The standard InChI is InChI=1S/C25H28N4O5S/c1-16-9-11-18(12-10-16)35(31,32)28-24-26-13-19(23-33-14-25(2,3)15-34-23)21-27-22(30)20(29(21)24)17-7-5-4-6-8-17/h4-13,20-21,23H,14-15H2,1-3H3,(H,26,28)(H,27,30). The van der Waals surface area contributed by atoms with Gasteiger partial charge in [0.15, 0.2) is 6.29 Å². The number of aryl methyl sites for hydroxylation is 1. The zero-order valence-corrected chi connectivity index (χ0v) is 20.6. The monoisotopic (exact) mass is 496 g/mol. The van der Waals surface area contributed by atoms with Crippen LogP contribution in [0.15, 0.2) is 75.7 Å². The van der Waals surface area contributed by atoms with Crippen LogP contribution in [0.2, 0.25) is 0 Å². The average molecular weight is 497 g/mol. The quantitative estimate of drug-likeness (QED) is 0.669. The molecular formula is C25H28N4O5S. The molecular weight excluding hydrogens is 468 g/mol. The van der Waals surface area contributed by atoms with Crippen LogP contribution in [-0.4, -0.2) is 50.9 Å². The van der Waals surface area contributed by atoms with Gasteiger partial charge in [-0.1, -0.05) is 61.9 Å². The van der Waals surface area contributed by atoms with Crippen molar-refractivity contribution in [3.05, 3.63) is 77.5 Å². The number of ether oxygens (including phenoxy) is 2. The molecule has 2 unspecified atom stereocenters. The third kappa shape index (κ3) is 4.56. The number of fused-ring (bicyclic) bond motifs is 1. The Kier molecular flexibility index (Phi) is 5.90. The maximum absolute atomic E-state index is 13.2. The van der Waals surface area contributed by atoms with Gasteiger partial charge >= 0.3 is 0 Å². The summed E-state index contributed by atoms with van der Waals surface area (Å²) < 4.78 is 42.3. The van der Waals surface area contributed by atoms with Crippen molar-refractivity contribution < 1.29 is 22.7 Å². The SMILES string of the molecule is Cc1ccc(S(=O)(=O)/N=C2\NC=C(C3OCC(C)(C)CO3)C3NC(=O)C(c4ccccc4)N23)cc1. The van der Waals surface area contributed by atoms with Crippen LogP contribution in [0, 0.1) is 12.3 Å². The van der Waals surface area contributed by atoms with Crippen LogP contribution >= 0.6 is 0 Å². The fraction of sp³-hybridized carbons (Fsp3) is 0.360. The maximum Gasteiger partial charge on any atom is 0.285 e. The first-order valence-corrected chi connectivity index (χ1v) is 12.8. The van der Waals surface area contributed by atoms with E-state index in [2.05, 4.69) is 15.0 Å². The molecule has 2 fully saturated rings. The number of nitrogens with one attached hydrogen (secondary N) is 2. The number of amides is 1. The van der Waals surface area contributed by atoms with E-state index in [1.807, 2.05) is 51.1 Å². The topological polar surface area (TPSA) is 109 Å². The number of rotatable bonds is 4. The molecule has 2 aromatic rings.